The molecule has 0 unspecified atom stereocenters. The van der Waals surface area contributed by atoms with Crippen LogP contribution in [0.3, 0.4) is 0 Å². The van der Waals surface area contributed by atoms with Crippen LogP contribution < -0.4 is 5.32 Å². The maximum Gasteiger partial charge on any atom is 0.270 e. The molecule has 0 aliphatic heterocycles. The SMILES string of the molecule is O=C(NCc1ccncc1)c1ccc(C#CCO)cn1. The fraction of sp³-hybridized carbons (Fsp3) is 0.133. The van der Waals surface area contributed by atoms with Gasteiger partial charge in [0.15, 0.2) is 0 Å². The van der Waals surface area contributed by atoms with Crippen molar-refractivity contribution < 1.29 is 9.90 Å². The fourth-order valence-corrected chi connectivity index (χ4v) is 1.52. The van der Waals surface area contributed by atoms with Crippen molar-refractivity contribution in [3.05, 3.63) is 59.7 Å². The third-order valence-corrected chi connectivity index (χ3v) is 2.51. The number of nitrogens with zero attached hydrogens (tertiary/aromatic N) is 2. The zero-order valence-electron chi connectivity index (χ0n) is 10.7. The van der Waals surface area contributed by atoms with Crippen molar-refractivity contribution in [3.63, 3.8) is 0 Å². The topological polar surface area (TPSA) is 75.1 Å². The molecule has 0 radical (unpaired) electrons. The summed E-state index contributed by atoms with van der Waals surface area (Å²) in [6, 6.07) is 6.96. The van der Waals surface area contributed by atoms with Gasteiger partial charge in [-0.2, -0.15) is 0 Å². The lowest BCUT2D eigenvalue weighted by Gasteiger charge is -2.04. The molecular formula is C15H13N3O2. The summed E-state index contributed by atoms with van der Waals surface area (Å²) in [4.78, 5) is 19.8. The van der Waals surface area contributed by atoms with Gasteiger partial charge in [-0.1, -0.05) is 11.8 Å². The lowest BCUT2D eigenvalue weighted by atomic mass is 10.2. The zero-order chi connectivity index (χ0) is 14.2. The first kappa shape index (κ1) is 13.7. The fourth-order valence-electron chi connectivity index (χ4n) is 1.52. The maximum atomic E-state index is 11.9. The summed E-state index contributed by atoms with van der Waals surface area (Å²) in [5.74, 6) is 4.99. The largest absolute Gasteiger partial charge is 0.384 e. The Kier molecular flexibility index (Phi) is 4.81. The molecule has 2 heterocycles. The molecule has 2 aromatic heterocycles. The van der Waals surface area contributed by atoms with Gasteiger partial charge in [0.1, 0.15) is 12.3 Å². The van der Waals surface area contributed by atoms with Crippen molar-refractivity contribution in [2.24, 2.45) is 0 Å². The van der Waals surface area contributed by atoms with E-state index in [1.54, 1.807) is 24.5 Å². The van der Waals surface area contributed by atoms with Gasteiger partial charge in [0.2, 0.25) is 0 Å². The Morgan fingerprint density at radius 3 is 2.70 bits per heavy atom. The van der Waals surface area contributed by atoms with Gasteiger partial charge < -0.3 is 10.4 Å². The lowest BCUT2D eigenvalue weighted by Crippen LogP contribution is -2.23. The molecule has 2 rings (SSSR count). The van der Waals surface area contributed by atoms with Crippen LogP contribution in [0.4, 0.5) is 0 Å². The first-order chi connectivity index (χ1) is 9.79. The third kappa shape index (κ3) is 3.90. The number of aliphatic hydroxyl groups excluding tert-OH is 1. The number of carbonyl (C=O) groups excluding carboxylic acids is 1. The van der Waals surface area contributed by atoms with Gasteiger partial charge >= 0.3 is 0 Å². The summed E-state index contributed by atoms with van der Waals surface area (Å²) in [5, 5.41) is 11.4. The van der Waals surface area contributed by atoms with E-state index in [1.807, 2.05) is 12.1 Å². The summed E-state index contributed by atoms with van der Waals surface area (Å²) < 4.78 is 0. The van der Waals surface area contributed by atoms with Gasteiger partial charge in [-0.3, -0.25) is 9.78 Å². The van der Waals surface area contributed by atoms with Crippen LogP contribution in [0.1, 0.15) is 21.6 Å². The van der Waals surface area contributed by atoms with Gasteiger partial charge in [-0.25, -0.2) is 4.98 Å². The second kappa shape index (κ2) is 7.02. The van der Waals surface area contributed by atoms with Gasteiger partial charge in [0.25, 0.3) is 5.91 Å². The van der Waals surface area contributed by atoms with Crippen LogP contribution in [-0.2, 0) is 6.54 Å². The number of pyridine rings is 2. The van der Waals surface area contributed by atoms with Crippen LogP contribution in [0.5, 0.6) is 0 Å². The summed E-state index contributed by atoms with van der Waals surface area (Å²) in [6.07, 6.45) is 4.85. The molecule has 0 saturated carbocycles. The quantitative estimate of drug-likeness (QED) is 0.805. The van der Waals surface area contributed by atoms with Gasteiger partial charge in [-0.05, 0) is 29.8 Å². The number of aliphatic hydroxyl groups is 1. The van der Waals surface area contributed by atoms with Crippen LogP contribution in [-0.4, -0.2) is 27.6 Å². The van der Waals surface area contributed by atoms with Crippen LogP contribution in [0, 0.1) is 11.8 Å². The number of hydrogen-bond acceptors (Lipinski definition) is 4. The van der Waals surface area contributed by atoms with E-state index in [-0.39, 0.29) is 12.5 Å². The van der Waals surface area contributed by atoms with Crippen LogP contribution in [0.25, 0.3) is 0 Å². The van der Waals surface area contributed by atoms with E-state index < -0.39 is 0 Å². The standard InChI is InChI=1S/C15H13N3O2/c19-9-1-2-12-3-4-14(17-10-12)15(20)18-11-13-5-7-16-8-6-13/h3-8,10,19H,9,11H2,(H,18,20). The second-order valence-corrected chi connectivity index (χ2v) is 3.93. The van der Waals surface area contributed by atoms with E-state index in [4.69, 9.17) is 5.11 Å². The normalized spacial score (nSPS) is 9.45. The minimum Gasteiger partial charge on any atom is -0.384 e. The molecule has 0 aliphatic rings. The average molecular weight is 267 g/mol. The first-order valence-electron chi connectivity index (χ1n) is 6.02. The summed E-state index contributed by atoms with van der Waals surface area (Å²) in [7, 11) is 0. The molecule has 100 valence electrons. The Labute approximate surface area is 116 Å². The third-order valence-electron chi connectivity index (χ3n) is 2.51. The average Bonchev–Trinajstić information content (AvgIpc) is 2.52. The molecule has 5 heteroatoms. The highest BCUT2D eigenvalue weighted by atomic mass is 16.2. The molecule has 20 heavy (non-hydrogen) atoms. The molecule has 5 nitrogen and oxygen atoms in total. The highest BCUT2D eigenvalue weighted by molar-refractivity contribution is 5.92. The molecule has 0 aromatic carbocycles. The van der Waals surface area contributed by atoms with Crippen molar-refractivity contribution in [2.75, 3.05) is 6.61 Å². The van der Waals surface area contributed by atoms with Crippen LogP contribution in [0.15, 0.2) is 42.9 Å². The zero-order valence-corrected chi connectivity index (χ0v) is 10.7. The van der Waals surface area contributed by atoms with E-state index in [1.165, 1.54) is 6.20 Å². The minimum absolute atomic E-state index is 0.200. The molecule has 2 aromatic rings. The Balaban J connectivity index is 1.96. The van der Waals surface area contributed by atoms with Crippen molar-refractivity contribution in [1.82, 2.24) is 15.3 Å². The maximum absolute atomic E-state index is 11.9. The number of nitrogens with one attached hydrogen (secondary N) is 1. The molecular weight excluding hydrogens is 254 g/mol. The predicted molar refractivity (Wildman–Crippen MR) is 73.6 cm³/mol. The van der Waals surface area contributed by atoms with Gasteiger partial charge in [0, 0.05) is 30.7 Å². The van der Waals surface area contributed by atoms with Gasteiger partial charge in [-0.15, -0.1) is 0 Å². The molecule has 0 saturated heterocycles. The van der Waals surface area contributed by atoms with Crippen molar-refractivity contribution in [1.29, 1.82) is 0 Å². The Bertz CT molecular complexity index is 628. The van der Waals surface area contributed by atoms with Gasteiger partial charge in [0.05, 0.1) is 0 Å². The number of rotatable bonds is 3. The Hall–Kier alpha value is -2.71. The van der Waals surface area contributed by atoms with Crippen molar-refractivity contribution in [2.45, 2.75) is 6.54 Å². The molecule has 1 amide bonds. The summed E-state index contributed by atoms with van der Waals surface area (Å²) in [5.41, 5.74) is 1.96. The molecule has 0 fully saturated rings. The smallest absolute Gasteiger partial charge is 0.270 e. The monoisotopic (exact) mass is 267 g/mol. The van der Waals surface area contributed by atoms with Crippen molar-refractivity contribution in [3.8, 4) is 11.8 Å². The molecule has 2 N–H and O–H groups in total. The lowest BCUT2D eigenvalue weighted by molar-refractivity contribution is 0.0946. The highest BCUT2D eigenvalue weighted by Crippen LogP contribution is 2.00. The number of aromatic nitrogens is 2. The van der Waals surface area contributed by atoms with E-state index in [9.17, 15) is 4.79 Å². The van der Waals surface area contributed by atoms with E-state index in [2.05, 4.69) is 27.1 Å². The summed E-state index contributed by atoms with van der Waals surface area (Å²) >= 11 is 0. The Morgan fingerprint density at radius 2 is 2.05 bits per heavy atom. The summed E-state index contributed by atoms with van der Waals surface area (Å²) in [6.45, 7) is 0.225. The molecule has 0 bridgehead atoms. The van der Waals surface area contributed by atoms with E-state index >= 15 is 0 Å². The number of amides is 1. The van der Waals surface area contributed by atoms with E-state index in [0.717, 1.165) is 5.56 Å². The molecule has 0 spiro atoms. The highest BCUT2D eigenvalue weighted by Gasteiger charge is 2.06. The predicted octanol–water partition coefficient (Wildman–Crippen LogP) is 0.750. The van der Waals surface area contributed by atoms with Crippen molar-refractivity contribution >= 4 is 5.91 Å². The molecule has 0 aliphatic carbocycles. The first-order valence-corrected chi connectivity index (χ1v) is 6.02. The Morgan fingerprint density at radius 1 is 1.25 bits per heavy atom. The number of carbonyl (C=O) groups is 1. The van der Waals surface area contributed by atoms with Crippen LogP contribution in [0.2, 0.25) is 0 Å². The minimum atomic E-state index is -0.247. The van der Waals surface area contributed by atoms with Crippen LogP contribution >= 0.6 is 0 Å². The second-order valence-electron chi connectivity index (χ2n) is 3.93. The molecule has 0 atom stereocenters. The van der Waals surface area contributed by atoms with E-state index in [0.29, 0.717) is 17.8 Å². The number of hydrogen-bond donors (Lipinski definition) is 2.